The van der Waals surface area contributed by atoms with E-state index in [0.717, 1.165) is 24.5 Å². The Morgan fingerprint density at radius 1 is 0.955 bits per heavy atom. The quantitative estimate of drug-likeness (QED) is 0.576. The van der Waals surface area contributed by atoms with Gasteiger partial charge in [-0.15, -0.1) is 0 Å². The summed E-state index contributed by atoms with van der Waals surface area (Å²) in [5.74, 6) is -1.08. The standard InChI is InChI=1S/C18H18Cl2F2/c1-18(2,17-15(19)6-3-7-16(17)20)8-4-5-12-9-13(21)11-14(22)10-12/h3,6-7,9-11H,4-5,8H2,1-2H3. The monoisotopic (exact) mass is 342 g/mol. The highest BCUT2D eigenvalue weighted by atomic mass is 35.5. The predicted octanol–water partition coefficient (Wildman–Crippen LogP) is 6.57. The molecule has 0 radical (unpaired) electrons. The molecule has 4 heteroatoms. The Hall–Kier alpha value is -1.12. The topological polar surface area (TPSA) is 0 Å². The van der Waals surface area contributed by atoms with Crippen molar-refractivity contribution in [1.29, 1.82) is 0 Å². The van der Waals surface area contributed by atoms with E-state index in [2.05, 4.69) is 13.8 Å². The predicted molar refractivity (Wildman–Crippen MR) is 88.8 cm³/mol. The average molecular weight is 343 g/mol. The van der Waals surface area contributed by atoms with Crippen LogP contribution in [0.15, 0.2) is 36.4 Å². The Bertz CT molecular complexity index is 626. The highest BCUT2D eigenvalue weighted by molar-refractivity contribution is 6.36. The molecule has 0 aromatic heterocycles. The molecule has 22 heavy (non-hydrogen) atoms. The van der Waals surface area contributed by atoms with Crippen molar-refractivity contribution in [3.05, 3.63) is 69.2 Å². The molecule has 2 aromatic rings. The van der Waals surface area contributed by atoms with E-state index < -0.39 is 11.6 Å². The maximum absolute atomic E-state index is 13.2. The first kappa shape index (κ1) is 17.2. The molecule has 0 bridgehead atoms. The van der Waals surface area contributed by atoms with Crippen LogP contribution >= 0.6 is 23.2 Å². The third-order valence-corrected chi connectivity index (χ3v) is 4.46. The van der Waals surface area contributed by atoms with Crippen LogP contribution in [0.25, 0.3) is 0 Å². The van der Waals surface area contributed by atoms with Crippen molar-refractivity contribution in [2.24, 2.45) is 0 Å². The minimum atomic E-state index is -0.539. The number of benzene rings is 2. The van der Waals surface area contributed by atoms with E-state index in [9.17, 15) is 8.78 Å². The molecule has 0 fully saturated rings. The van der Waals surface area contributed by atoms with Crippen LogP contribution < -0.4 is 0 Å². The summed E-state index contributed by atoms with van der Waals surface area (Å²) < 4.78 is 26.4. The number of halogens is 4. The molecule has 0 aliphatic carbocycles. The molecule has 0 saturated carbocycles. The summed E-state index contributed by atoms with van der Waals surface area (Å²) in [5, 5.41) is 1.30. The first-order chi connectivity index (χ1) is 10.3. The summed E-state index contributed by atoms with van der Waals surface area (Å²) >= 11 is 12.5. The van der Waals surface area contributed by atoms with Crippen molar-refractivity contribution < 1.29 is 8.78 Å². The first-order valence-corrected chi connectivity index (χ1v) is 7.95. The van der Waals surface area contributed by atoms with Crippen molar-refractivity contribution in [3.63, 3.8) is 0 Å². The average Bonchev–Trinajstić information content (AvgIpc) is 2.36. The molecule has 0 aliphatic rings. The second kappa shape index (κ2) is 6.97. The van der Waals surface area contributed by atoms with Gasteiger partial charge in [0.05, 0.1) is 0 Å². The summed E-state index contributed by atoms with van der Waals surface area (Å²) in [5.41, 5.74) is 1.38. The van der Waals surface area contributed by atoms with E-state index in [4.69, 9.17) is 23.2 Å². The van der Waals surface area contributed by atoms with Crippen LogP contribution in [0.3, 0.4) is 0 Å². The van der Waals surface area contributed by atoms with E-state index in [1.54, 1.807) is 0 Å². The van der Waals surface area contributed by atoms with Gasteiger partial charge in [0.15, 0.2) is 0 Å². The van der Waals surface area contributed by atoms with Gasteiger partial charge in [0.1, 0.15) is 11.6 Å². The van der Waals surface area contributed by atoms with E-state index in [-0.39, 0.29) is 5.41 Å². The van der Waals surface area contributed by atoms with Crippen molar-refractivity contribution in [3.8, 4) is 0 Å². The lowest BCUT2D eigenvalue weighted by atomic mass is 9.79. The highest BCUT2D eigenvalue weighted by Crippen LogP contribution is 2.38. The van der Waals surface area contributed by atoms with Crippen LogP contribution in [-0.4, -0.2) is 0 Å². The van der Waals surface area contributed by atoms with Crippen LogP contribution in [0.4, 0.5) is 8.78 Å². The summed E-state index contributed by atoms with van der Waals surface area (Å²) in [4.78, 5) is 0. The molecule has 0 N–H and O–H groups in total. The zero-order valence-corrected chi connectivity index (χ0v) is 14.1. The van der Waals surface area contributed by atoms with Gasteiger partial charge in [-0.1, -0.05) is 43.1 Å². The van der Waals surface area contributed by atoms with Crippen LogP contribution in [0.1, 0.15) is 37.8 Å². The maximum atomic E-state index is 13.2. The number of hydrogen-bond donors (Lipinski definition) is 0. The van der Waals surface area contributed by atoms with E-state index >= 15 is 0 Å². The van der Waals surface area contributed by atoms with E-state index in [1.165, 1.54) is 12.1 Å². The van der Waals surface area contributed by atoms with Crippen LogP contribution in [0, 0.1) is 11.6 Å². The van der Waals surface area contributed by atoms with Crippen LogP contribution in [0.5, 0.6) is 0 Å². The molecule has 2 aromatic carbocycles. The van der Waals surface area contributed by atoms with Crippen LogP contribution in [0.2, 0.25) is 10.0 Å². The van der Waals surface area contributed by atoms with Gasteiger partial charge < -0.3 is 0 Å². The molecule has 0 atom stereocenters. The Labute approximate surface area is 140 Å². The molecule has 0 aliphatic heterocycles. The lowest BCUT2D eigenvalue weighted by molar-refractivity contribution is 0.461. The Balaban J connectivity index is 2.07. The fourth-order valence-electron chi connectivity index (χ4n) is 2.76. The lowest BCUT2D eigenvalue weighted by Crippen LogP contribution is -2.18. The fourth-order valence-corrected chi connectivity index (χ4v) is 3.67. The summed E-state index contributed by atoms with van der Waals surface area (Å²) in [7, 11) is 0. The second-order valence-electron chi connectivity index (χ2n) is 6.11. The Morgan fingerprint density at radius 3 is 2.05 bits per heavy atom. The molecule has 0 unspecified atom stereocenters. The molecule has 0 spiro atoms. The normalized spacial score (nSPS) is 11.7. The minimum absolute atomic E-state index is 0.207. The zero-order valence-electron chi connectivity index (χ0n) is 12.6. The molecule has 0 heterocycles. The molecule has 118 valence electrons. The lowest BCUT2D eigenvalue weighted by Gasteiger charge is -2.27. The van der Waals surface area contributed by atoms with Gasteiger partial charge in [0, 0.05) is 16.1 Å². The number of rotatable bonds is 5. The summed E-state index contributed by atoms with van der Waals surface area (Å²) in [6.07, 6.45) is 2.21. The van der Waals surface area contributed by atoms with Crippen molar-refractivity contribution >= 4 is 23.2 Å². The SMILES string of the molecule is CC(C)(CCCc1cc(F)cc(F)c1)c1c(Cl)cccc1Cl. The summed E-state index contributed by atoms with van der Waals surface area (Å²) in [6.45, 7) is 4.15. The molecule has 0 amide bonds. The molecular weight excluding hydrogens is 325 g/mol. The van der Waals surface area contributed by atoms with E-state index in [1.807, 2.05) is 18.2 Å². The van der Waals surface area contributed by atoms with Gasteiger partial charge in [0.2, 0.25) is 0 Å². The van der Waals surface area contributed by atoms with Crippen molar-refractivity contribution in [1.82, 2.24) is 0 Å². The third kappa shape index (κ3) is 4.21. The fraction of sp³-hybridized carbons (Fsp3) is 0.333. The number of hydrogen-bond acceptors (Lipinski definition) is 0. The molecule has 0 saturated heterocycles. The molecule has 0 nitrogen and oxygen atoms in total. The molecular formula is C18H18Cl2F2. The minimum Gasteiger partial charge on any atom is -0.207 e. The third-order valence-electron chi connectivity index (χ3n) is 3.83. The van der Waals surface area contributed by atoms with Gasteiger partial charge in [-0.3, -0.25) is 0 Å². The van der Waals surface area contributed by atoms with E-state index in [0.29, 0.717) is 22.0 Å². The maximum Gasteiger partial charge on any atom is 0.126 e. The van der Waals surface area contributed by atoms with Gasteiger partial charge in [-0.05, 0) is 60.1 Å². The van der Waals surface area contributed by atoms with Gasteiger partial charge in [-0.25, -0.2) is 8.78 Å². The van der Waals surface area contributed by atoms with Crippen LogP contribution in [-0.2, 0) is 11.8 Å². The highest BCUT2D eigenvalue weighted by Gasteiger charge is 2.25. The summed E-state index contributed by atoms with van der Waals surface area (Å²) in [6, 6.07) is 9.10. The Morgan fingerprint density at radius 2 is 1.50 bits per heavy atom. The van der Waals surface area contributed by atoms with Gasteiger partial charge >= 0.3 is 0 Å². The van der Waals surface area contributed by atoms with Crippen molar-refractivity contribution in [2.45, 2.75) is 38.5 Å². The molecule has 2 rings (SSSR count). The second-order valence-corrected chi connectivity index (χ2v) is 6.93. The zero-order chi connectivity index (χ0) is 16.3. The smallest absolute Gasteiger partial charge is 0.126 e. The van der Waals surface area contributed by atoms with Gasteiger partial charge in [0.25, 0.3) is 0 Å². The number of aryl methyl sites for hydroxylation is 1. The largest absolute Gasteiger partial charge is 0.207 e. The van der Waals surface area contributed by atoms with Gasteiger partial charge in [-0.2, -0.15) is 0 Å². The van der Waals surface area contributed by atoms with Crippen molar-refractivity contribution in [2.75, 3.05) is 0 Å². The first-order valence-electron chi connectivity index (χ1n) is 7.19. The Kier molecular flexibility index (Phi) is 5.46.